The molecule has 0 bridgehead atoms. The quantitative estimate of drug-likeness (QED) is 0.453. The lowest BCUT2D eigenvalue weighted by molar-refractivity contribution is -0.142. The molecule has 136 valence electrons. The van der Waals surface area contributed by atoms with Crippen LogP contribution in [0.4, 0.5) is 0 Å². The van der Waals surface area contributed by atoms with Crippen LogP contribution in [0.25, 0.3) is 0 Å². The summed E-state index contributed by atoms with van der Waals surface area (Å²) < 4.78 is 0. The molecular formula is C17H24N4O4. The summed E-state index contributed by atoms with van der Waals surface area (Å²) in [4.78, 5) is 28.3. The number of phenols is 1. The number of benzene rings is 1. The Balaban J connectivity index is 2.02. The minimum Gasteiger partial charge on any atom is -0.508 e. The Hall–Kier alpha value is -2.45. The van der Waals surface area contributed by atoms with Crippen molar-refractivity contribution in [2.75, 3.05) is 6.54 Å². The van der Waals surface area contributed by atoms with Gasteiger partial charge in [0.05, 0.1) is 6.04 Å². The first-order chi connectivity index (χ1) is 11.9. The molecule has 1 aromatic rings. The highest BCUT2D eigenvalue weighted by Gasteiger charge is 2.29. The van der Waals surface area contributed by atoms with Gasteiger partial charge in [-0.25, -0.2) is 4.79 Å². The Kier molecular flexibility index (Phi) is 6.49. The summed E-state index contributed by atoms with van der Waals surface area (Å²) in [7, 11) is 0. The van der Waals surface area contributed by atoms with E-state index in [0.717, 1.165) is 0 Å². The van der Waals surface area contributed by atoms with E-state index in [2.05, 4.69) is 20.9 Å². The largest absolute Gasteiger partial charge is 0.508 e. The van der Waals surface area contributed by atoms with Crippen LogP contribution in [0.2, 0.25) is 0 Å². The van der Waals surface area contributed by atoms with Crippen molar-refractivity contribution in [2.45, 2.75) is 38.6 Å². The van der Waals surface area contributed by atoms with E-state index in [4.69, 9.17) is 0 Å². The normalized spacial score (nSPS) is 18.9. The minimum absolute atomic E-state index is 0.0410. The minimum atomic E-state index is -1.11. The SMILES string of the molecule is CC(C)[C@@H](NC1N=CCN1)C(=O)N[C@H](Cc1ccc(O)cc1)C(=O)O. The molecule has 2 rings (SSSR count). The van der Waals surface area contributed by atoms with Crippen LogP contribution in [-0.2, 0) is 16.0 Å². The predicted octanol–water partition coefficient (Wildman–Crippen LogP) is 0.0759. The summed E-state index contributed by atoms with van der Waals surface area (Å²) in [6.07, 6.45) is 1.50. The van der Waals surface area contributed by atoms with Crippen LogP contribution in [-0.4, -0.2) is 53.2 Å². The number of carbonyl (C=O) groups excluding carboxylic acids is 1. The summed E-state index contributed by atoms with van der Waals surface area (Å²) >= 11 is 0. The van der Waals surface area contributed by atoms with Gasteiger partial charge in [-0.1, -0.05) is 26.0 Å². The second-order valence-corrected chi connectivity index (χ2v) is 6.30. The van der Waals surface area contributed by atoms with Crippen LogP contribution in [0, 0.1) is 5.92 Å². The summed E-state index contributed by atoms with van der Waals surface area (Å²) in [5, 5.41) is 27.5. The smallest absolute Gasteiger partial charge is 0.326 e. The molecule has 8 heteroatoms. The van der Waals surface area contributed by atoms with Crippen LogP contribution in [0.15, 0.2) is 29.3 Å². The van der Waals surface area contributed by atoms with Crippen LogP contribution >= 0.6 is 0 Å². The summed E-state index contributed by atoms with van der Waals surface area (Å²) in [6.45, 7) is 4.39. The van der Waals surface area contributed by atoms with Gasteiger partial charge in [-0.05, 0) is 23.6 Å². The van der Waals surface area contributed by atoms with Crippen molar-refractivity contribution in [3.05, 3.63) is 29.8 Å². The first-order valence-electron chi connectivity index (χ1n) is 8.19. The number of hydrogen-bond acceptors (Lipinski definition) is 6. The van der Waals surface area contributed by atoms with Gasteiger partial charge in [0.1, 0.15) is 11.8 Å². The van der Waals surface area contributed by atoms with E-state index in [0.29, 0.717) is 12.1 Å². The number of carbonyl (C=O) groups is 2. The van der Waals surface area contributed by atoms with Gasteiger partial charge in [0.15, 0.2) is 6.29 Å². The number of hydrogen-bond donors (Lipinski definition) is 5. The number of aliphatic imine (C=N–C) groups is 1. The van der Waals surface area contributed by atoms with Crippen molar-refractivity contribution in [2.24, 2.45) is 10.9 Å². The molecule has 3 atom stereocenters. The van der Waals surface area contributed by atoms with Gasteiger partial charge >= 0.3 is 5.97 Å². The molecule has 1 aliphatic rings. The first kappa shape index (κ1) is 18.9. The molecule has 0 aromatic heterocycles. The number of rotatable bonds is 8. The van der Waals surface area contributed by atoms with Crippen LogP contribution in [0.5, 0.6) is 5.75 Å². The molecular weight excluding hydrogens is 324 g/mol. The number of phenolic OH excluding ortho intramolecular Hbond substituents is 1. The van der Waals surface area contributed by atoms with Gasteiger partial charge in [0.2, 0.25) is 5.91 Å². The number of aliphatic carboxylic acids is 1. The maximum Gasteiger partial charge on any atom is 0.326 e. The van der Waals surface area contributed by atoms with Crippen molar-refractivity contribution >= 4 is 18.1 Å². The predicted molar refractivity (Wildman–Crippen MR) is 93.4 cm³/mol. The summed E-state index contributed by atoms with van der Waals surface area (Å²) in [5.74, 6) is -1.43. The zero-order valence-electron chi connectivity index (χ0n) is 14.3. The second kappa shape index (κ2) is 8.59. The molecule has 1 amide bonds. The monoisotopic (exact) mass is 348 g/mol. The van der Waals surface area contributed by atoms with Gasteiger partial charge in [0, 0.05) is 19.2 Å². The van der Waals surface area contributed by atoms with Crippen molar-refractivity contribution in [1.82, 2.24) is 16.0 Å². The average Bonchev–Trinajstić information content (AvgIpc) is 3.06. The number of amides is 1. The number of carboxylic acids is 1. The van der Waals surface area contributed by atoms with E-state index in [-0.39, 0.29) is 30.3 Å². The average molecular weight is 348 g/mol. The van der Waals surface area contributed by atoms with Gasteiger partial charge < -0.3 is 15.5 Å². The molecule has 25 heavy (non-hydrogen) atoms. The number of carboxylic acid groups (broad SMARTS) is 1. The van der Waals surface area contributed by atoms with Crippen molar-refractivity contribution in [3.8, 4) is 5.75 Å². The Bertz CT molecular complexity index is 630. The van der Waals surface area contributed by atoms with E-state index in [1.807, 2.05) is 13.8 Å². The molecule has 1 aromatic carbocycles. The van der Waals surface area contributed by atoms with Crippen molar-refractivity contribution in [1.29, 1.82) is 0 Å². The second-order valence-electron chi connectivity index (χ2n) is 6.30. The van der Waals surface area contributed by atoms with Crippen LogP contribution < -0.4 is 16.0 Å². The first-order valence-corrected chi connectivity index (χ1v) is 8.19. The van der Waals surface area contributed by atoms with E-state index in [9.17, 15) is 19.8 Å². The molecule has 8 nitrogen and oxygen atoms in total. The maximum absolute atomic E-state index is 12.6. The standard InChI is InChI=1S/C17H24N4O4/c1-10(2)14(21-17-18-7-8-19-17)15(23)20-13(16(24)25)9-11-3-5-12(22)6-4-11/h3-7,10,13-14,17,19,21-22H,8-9H2,1-2H3,(H,20,23)(H,24,25)/t13-,14-,17?/m1/s1. The molecule has 5 N–H and O–H groups in total. The van der Waals surface area contributed by atoms with E-state index in [1.54, 1.807) is 18.3 Å². The lowest BCUT2D eigenvalue weighted by atomic mass is 10.0. The number of nitrogens with one attached hydrogen (secondary N) is 3. The summed E-state index contributed by atoms with van der Waals surface area (Å²) in [5.41, 5.74) is 0.710. The van der Waals surface area contributed by atoms with Gasteiger partial charge in [-0.3, -0.25) is 20.4 Å². The Morgan fingerprint density at radius 3 is 2.52 bits per heavy atom. The fraction of sp³-hybridized carbons (Fsp3) is 0.471. The van der Waals surface area contributed by atoms with E-state index in [1.165, 1.54) is 12.1 Å². The third-order valence-corrected chi connectivity index (χ3v) is 3.93. The van der Waals surface area contributed by atoms with E-state index >= 15 is 0 Å². The molecule has 0 spiro atoms. The Morgan fingerprint density at radius 2 is 2.00 bits per heavy atom. The Labute approximate surface area is 146 Å². The molecule has 0 fully saturated rings. The molecule has 0 saturated heterocycles. The van der Waals surface area contributed by atoms with Gasteiger partial charge in [-0.15, -0.1) is 0 Å². The lowest BCUT2D eigenvalue weighted by Gasteiger charge is -2.26. The fourth-order valence-corrected chi connectivity index (χ4v) is 2.55. The number of nitrogens with zero attached hydrogens (tertiary/aromatic N) is 1. The topological polar surface area (TPSA) is 123 Å². The Morgan fingerprint density at radius 1 is 1.32 bits per heavy atom. The fourth-order valence-electron chi connectivity index (χ4n) is 2.55. The maximum atomic E-state index is 12.6. The molecule has 1 heterocycles. The van der Waals surface area contributed by atoms with Crippen LogP contribution in [0.3, 0.4) is 0 Å². The van der Waals surface area contributed by atoms with Gasteiger partial charge in [-0.2, -0.15) is 0 Å². The highest BCUT2D eigenvalue weighted by atomic mass is 16.4. The molecule has 0 radical (unpaired) electrons. The zero-order chi connectivity index (χ0) is 18.4. The third kappa shape index (κ3) is 5.54. The van der Waals surface area contributed by atoms with Gasteiger partial charge in [0.25, 0.3) is 0 Å². The molecule has 0 aliphatic carbocycles. The van der Waals surface area contributed by atoms with Crippen molar-refractivity contribution < 1.29 is 19.8 Å². The molecule has 0 saturated carbocycles. The third-order valence-electron chi connectivity index (χ3n) is 3.93. The molecule has 1 aliphatic heterocycles. The number of aromatic hydroxyl groups is 1. The highest BCUT2D eigenvalue weighted by Crippen LogP contribution is 2.12. The lowest BCUT2D eigenvalue weighted by Crippen LogP contribution is -2.56. The van der Waals surface area contributed by atoms with E-state index < -0.39 is 18.1 Å². The zero-order valence-corrected chi connectivity index (χ0v) is 14.3. The van der Waals surface area contributed by atoms with Crippen molar-refractivity contribution in [3.63, 3.8) is 0 Å². The highest BCUT2D eigenvalue weighted by molar-refractivity contribution is 5.87. The molecule has 1 unspecified atom stereocenters. The van der Waals surface area contributed by atoms with Crippen LogP contribution in [0.1, 0.15) is 19.4 Å². The summed E-state index contributed by atoms with van der Waals surface area (Å²) in [6, 6.07) is 4.60.